The van der Waals surface area contributed by atoms with Crippen LogP contribution in [-0.4, -0.2) is 30.0 Å². The van der Waals surface area contributed by atoms with Crippen LogP contribution in [0.3, 0.4) is 0 Å². The molecule has 1 atom stereocenters. The lowest BCUT2D eigenvalue weighted by atomic mass is 9.91. The second-order valence-corrected chi connectivity index (χ2v) is 6.97. The molecule has 0 aliphatic carbocycles. The van der Waals surface area contributed by atoms with Crippen molar-refractivity contribution in [3.05, 3.63) is 63.6 Å². The van der Waals surface area contributed by atoms with Crippen molar-refractivity contribution in [3.63, 3.8) is 0 Å². The molecule has 3 amide bonds. The molecule has 2 aromatic carbocycles. The summed E-state index contributed by atoms with van der Waals surface area (Å²) >= 11 is 11.9. The van der Waals surface area contributed by atoms with Crippen molar-refractivity contribution in [2.24, 2.45) is 0 Å². The molecule has 0 spiro atoms. The summed E-state index contributed by atoms with van der Waals surface area (Å²) in [6, 6.07) is 12.9. The number of ether oxygens (including phenoxy) is 1. The van der Waals surface area contributed by atoms with Gasteiger partial charge in [-0.3, -0.25) is 9.69 Å². The third-order valence-corrected chi connectivity index (χ3v) is 4.84. The molecule has 3 rings (SSSR count). The highest BCUT2D eigenvalue weighted by Gasteiger charge is 2.48. The summed E-state index contributed by atoms with van der Waals surface area (Å²) in [5.41, 5.74) is -0.277. The standard InChI is InChI=1S/C19H15Cl2N3O3/c1-19(13-4-2-3-12(9-13)11-22)17(25)24(18(26)23-19)7-8-27-16-6-5-14(20)10-15(16)21/h2-6,9-10H,7-8H2,1H3,(H,23,26). The van der Waals surface area contributed by atoms with Crippen LogP contribution in [0.1, 0.15) is 18.1 Å². The summed E-state index contributed by atoms with van der Waals surface area (Å²) in [5.74, 6) is 0.00555. The van der Waals surface area contributed by atoms with E-state index < -0.39 is 17.5 Å². The van der Waals surface area contributed by atoms with Gasteiger partial charge in [-0.25, -0.2) is 4.79 Å². The van der Waals surface area contributed by atoms with Gasteiger partial charge in [-0.15, -0.1) is 0 Å². The fourth-order valence-corrected chi connectivity index (χ4v) is 3.30. The summed E-state index contributed by atoms with van der Waals surface area (Å²) in [4.78, 5) is 26.3. The zero-order chi connectivity index (χ0) is 19.6. The second-order valence-electron chi connectivity index (χ2n) is 6.13. The number of amides is 3. The Morgan fingerprint density at radius 3 is 2.70 bits per heavy atom. The molecule has 1 fully saturated rings. The predicted molar refractivity (Wildman–Crippen MR) is 101 cm³/mol. The molecule has 0 bridgehead atoms. The molecule has 1 heterocycles. The van der Waals surface area contributed by atoms with Crippen LogP contribution >= 0.6 is 23.2 Å². The Kier molecular flexibility index (Phi) is 5.26. The number of halogens is 2. The molecular formula is C19H15Cl2N3O3. The van der Waals surface area contributed by atoms with Crippen LogP contribution in [0.15, 0.2) is 42.5 Å². The lowest BCUT2D eigenvalue weighted by molar-refractivity contribution is -0.131. The van der Waals surface area contributed by atoms with E-state index in [0.717, 1.165) is 4.90 Å². The maximum atomic E-state index is 12.9. The number of carbonyl (C=O) groups is 2. The third kappa shape index (κ3) is 3.70. The normalized spacial score (nSPS) is 19.0. The lowest BCUT2D eigenvalue weighted by Gasteiger charge is -2.22. The number of nitriles is 1. The van der Waals surface area contributed by atoms with Gasteiger partial charge in [0.05, 0.1) is 23.2 Å². The monoisotopic (exact) mass is 403 g/mol. The molecule has 6 nitrogen and oxygen atoms in total. The van der Waals surface area contributed by atoms with Crippen molar-refractivity contribution >= 4 is 35.1 Å². The van der Waals surface area contributed by atoms with Crippen molar-refractivity contribution in [1.29, 1.82) is 5.26 Å². The number of benzene rings is 2. The van der Waals surface area contributed by atoms with Gasteiger partial charge in [0, 0.05) is 5.02 Å². The van der Waals surface area contributed by atoms with Crippen molar-refractivity contribution in [1.82, 2.24) is 10.2 Å². The van der Waals surface area contributed by atoms with E-state index in [9.17, 15) is 9.59 Å². The van der Waals surface area contributed by atoms with Crippen molar-refractivity contribution in [2.45, 2.75) is 12.5 Å². The summed E-state index contributed by atoms with van der Waals surface area (Å²) in [6.45, 7) is 1.74. The van der Waals surface area contributed by atoms with Crippen LogP contribution < -0.4 is 10.1 Å². The van der Waals surface area contributed by atoms with E-state index in [1.54, 1.807) is 49.4 Å². The van der Waals surface area contributed by atoms with Gasteiger partial charge in [0.1, 0.15) is 17.9 Å². The number of nitrogens with one attached hydrogen (secondary N) is 1. The van der Waals surface area contributed by atoms with E-state index in [1.807, 2.05) is 6.07 Å². The average molecular weight is 404 g/mol. The molecule has 0 aromatic heterocycles. The van der Waals surface area contributed by atoms with Gasteiger partial charge >= 0.3 is 6.03 Å². The van der Waals surface area contributed by atoms with Crippen molar-refractivity contribution in [3.8, 4) is 11.8 Å². The summed E-state index contributed by atoms with van der Waals surface area (Å²) < 4.78 is 5.55. The van der Waals surface area contributed by atoms with E-state index in [2.05, 4.69) is 5.32 Å². The SMILES string of the molecule is CC1(c2cccc(C#N)c2)NC(=O)N(CCOc2ccc(Cl)cc2Cl)C1=O. The summed E-state index contributed by atoms with van der Waals surface area (Å²) in [5, 5.41) is 12.6. The average Bonchev–Trinajstić information content (AvgIpc) is 2.87. The maximum Gasteiger partial charge on any atom is 0.325 e. The number of rotatable bonds is 5. The van der Waals surface area contributed by atoms with Crippen LogP contribution in [0.25, 0.3) is 0 Å². The summed E-state index contributed by atoms with van der Waals surface area (Å²) in [6.07, 6.45) is 0. The van der Waals surface area contributed by atoms with E-state index in [4.69, 9.17) is 33.2 Å². The van der Waals surface area contributed by atoms with Crippen LogP contribution in [0.4, 0.5) is 4.79 Å². The largest absolute Gasteiger partial charge is 0.490 e. The maximum absolute atomic E-state index is 12.9. The molecule has 1 aliphatic rings. The first-order valence-electron chi connectivity index (χ1n) is 8.08. The third-order valence-electron chi connectivity index (χ3n) is 4.31. The van der Waals surface area contributed by atoms with Gasteiger partial charge in [-0.1, -0.05) is 35.3 Å². The first-order valence-corrected chi connectivity index (χ1v) is 8.83. The molecule has 1 unspecified atom stereocenters. The van der Waals surface area contributed by atoms with Gasteiger partial charge < -0.3 is 10.1 Å². The lowest BCUT2D eigenvalue weighted by Crippen LogP contribution is -2.41. The van der Waals surface area contributed by atoms with Crippen molar-refractivity contribution < 1.29 is 14.3 Å². The number of carbonyl (C=O) groups excluding carboxylic acids is 2. The number of urea groups is 1. The number of hydrogen-bond acceptors (Lipinski definition) is 4. The number of imide groups is 1. The Labute approximate surface area is 166 Å². The Bertz CT molecular complexity index is 957. The Morgan fingerprint density at radius 2 is 2.00 bits per heavy atom. The van der Waals surface area contributed by atoms with Crippen LogP contribution in [-0.2, 0) is 10.3 Å². The molecule has 0 saturated carbocycles. The number of nitrogens with zero attached hydrogens (tertiary/aromatic N) is 2. The highest BCUT2D eigenvalue weighted by Crippen LogP contribution is 2.30. The first-order chi connectivity index (χ1) is 12.8. The Morgan fingerprint density at radius 1 is 1.22 bits per heavy atom. The molecule has 1 aliphatic heterocycles. The Hall–Kier alpha value is -2.75. The van der Waals surface area contributed by atoms with Gasteiger partial charge in [-0.2, -0.15) is 5.26 Å². The van der Waals surface area contributed by atoms with Gasteiger partial charge in [-0.05, 0) is 42.8 Å². The molecule has 0 radical (unpaired) electrons. The van der Waals surface area contributed by atoms with E-state index >= 15 is 0 Å². The van der Waals surface area contributed by atoms with Crippen molar-refractivity contribution in [2.75, 3.05) is 13.2 Å². The van der Waals surface area contributed by atoms with Crippen LogP contribution in [0.5, 0.6) is 5.75 Å². The highest BCUT2D eigenvalue weighted by molar-refractivity contribution is 6.35. The molecule has 1 saturated heterocycles. The quantitative estimate of drug-likeness (QED) is 0.771. The molecule has 1 N–H and O–H groups in total. The zero-order valence-electron chi connectivity index (χ0n) is 14.3. The predicted octanol–water partition coefficient (Wildman–Crippen LogP) is 3.71. The van der Waals surface area contributed by atoms with E-state index in [1.165, 1.54) is 0 Å². The fraction of sp³-hybridized carbons (Fsp3) is 0.211. The minimum absolute atomic E-state index is 0.0527. The summed E-state index contributed by atoms with van der Waals surface area (Å²) in [7, 11) is 0. The van der Waals surface area contributed by atoms with Crippen LogP contribution in [0, 0.1) is 11.3 Å². The highest BCUT2D eigenvalue weighted by atomic mass is 35.5. The second kappa shape index (κ2) is 7.47. The number of hydrogen-bond donors (Lipinski definition) is 1. The molecular weight excluding hydrogens is 389 g/mol. The molecule has 138 valence electrons. The minimum Gasteiger partial charge on any atom is -0.490 e. The van der Waals surface area contributed by atoms with E-state index in [0.29, 0.717) is 26.9 Å². The zero-order valence-corrected chi connectivity index (χ0v) is 15.8. The smallest absolute Gasteiger partial charge is 0.325 e. The molecule has 2 aromatic rings. The van der Waals surface area contributed by atoms with Crippen LogP contribution in [0.2, 0.25) is 10.0 Å². The van der Waals surface area contributed by atoms with E-state index in [-0.39, 0.29) is 13.2 Å². The first kappa shape index (κ1) is 19.0. The fourth-order valence-electron chi connectivity index (χ4n) is 2.83. The minimum atomic E-state index is -1.23. The van der Waals surface area contributed by atoms with Gasteiger partial charge in [0.2, 0.25) is 0 Å². The molecule has 8 heteroatoms. The Balaban J connectivity index is 1.71. The van der Waals surface area contributed by atoms with Gasteiger partial charge in [0.25, 0.3) is 5.91 Å². The van der Waals surface area contributed by atoms with Gasteiger partial charge in [0.15, 0.2) is 0 Å². The topological polar surface area (TPSA) is 82.4 Å². The molecule has 27 heavy (non-hydrogen) atoms.